The van der Waals surface area contributed by atoms with Crippen molar-refractivity contribution >= 4 is 43.9 Å². The number of rotatable bonds is 3. The highest BCUT2D eigenvalue weighted by atomic mass is 16.3. The summed E-state index contributed by atoms with van der Waals surface area (Å²) in [6.45, 7) is 0. The van der Waals surface area contributed by atoms with Gasteiger partial charge in [-0.15, -0.1) is 0 Å². The largest absolute Gasteiger partial charge is 0.456 e. The average Bonchev–Trinajstić information content (AvgIpc) is 4.00. The lowest BCUT2D eigenvalue weighted by molar-refractivity contribution is 0.666. The second-order valence-corrected chi connectivity index (χ2v) is 14.9. The molecule has 264 valence electrons. The maximum Gasteiger partial charge on any atom is 0.160 e. The van der Waals surface area contributed by atoms with Crippen LogP contribution >= 0.6 is 0 Å². The summed E-state index contributed by atoms with van der Waals surface area (Å²) in [7, 11) is 0. The fourth-order valence-corrected chi connectivity index (χ4v) is 9.77. The SMILES string of the molecule is c1ccc2c(c1)-c1ccccc1C21c2cc3oc4ccccc4c3cc2-c2ccc3oc4ccc(-c5nc(-c6ccncc6)cc(-c6ccncc6)n5)cc4c3c21. The summed E-state index contributed by atoms with van der Waals surface area (Å²) < 4.78 is 13.4. The summed E-state index contributed by atoms with van der Waals surface area (Å²) in [4.78, 5) is 18.8. The first-order valence-electron chi connectivity index (χ1n) is 19.1. The van der Waals surface area contributed by atoms with Gasteiger partial charge in [0.15, 0.2) is 5.82 Å². The Kier molecular flexibility index (Phi) is 6.00. The molecule has 5 heterocycles. The molecule has 11 aromatic rings. The summed E-state index contributed by atoms with van der Waals surface area (Å²) in [5.41, 5.74) is 17.1. The summed E-state index contributed by atoms with van der Waals surface area (Å²) in [5, 5.41) is 4.34. The lowest BCUT2D eigenvalue weighted by atomic mass is 9.69. The number of nitrogens with zero attached hydrogens (tertiary/aromatic N) is 4. The van der Waals surface area contributed by atoms with Crippen LogP contribution in [0.3, 0.4) is 0 Å². The molecule has 13 rings (SSSR count). The van der Waals surface area contributed by atoms with Gasteiger partial charge in [-0.05, 0) is 117 Å². The van der Waals surface area contributed by atoms with Crippen molar-refractivity contribution in [3.05, 3.63) is 193 Å². The van der Waals surface area contributed by atoms with Crippen LogP contribution in [0.25, 0.3) is 100 Å². The van der Waals surface area contributed by atoms with Crippen LogP contribution in [0.5, 0.6) is 0 Å². The zero-order valence-corrected chi connectivity index (χ0v) is 30.3. The van der Waals surface area contributed by atoms with Crippen molar-refractivity contribution < 1.29 is 8.83 Å². The molecule has 0 aliphatic heterocycles. The van der Waals surface area contributed by atoms with E-state index in [0.717, 1.165) is 72.0 Å². The monoisotopic (exact) mass is 728 g/mol. The number of hydrogen-bond donors (Lipinski definition) is 0. The van der Waals surface area contributed by atoms with Crippen molar-refractivity contribution in [1.82, 2.24) is 19.9 Å². The Balaban J connectivity index is 1.13. The normalized spacial score (nSPS) is 13.4. The number of fused-ring (bicyclic) bond motifs is 17. The third-order valence-corrected chi connectivity index (χ3v) is 12.1. The summed E-state index contributed by atoms with van der Waals surface area (Å²) in [6.07, 6.45) is 7.17. The number of furan rings is 2. The van der Waals surface area contributed by atoms with E-state index in [9.17, 15) is 0 Å². The van der Waals surface area contributed by atoms with Gasteiger partial charge in [-0.25, -0.2) is 9.97 Å². The third-order valence-electron chi connectivity index (χ3n) is 12.1. The highest BCUT2D eigenvalue weighted by Gasteiger charge is 2.53. The van der Waals surface area contributed by atoms with Crippen molar-refractivity contribution in [2.75, 3.05) is 0 Å². The zero-order valence-electron chi connectivity index (χ0n) is 30.3. The van der Waals surface area contributed by atoms with Crippen LogP contribution in [0.2, 0.25) is 0 Å². The Hall–Kier alpha value is -7.70. The molecule has 0 unspecified atom stereocenters. The van der Waals surface area contributed by atoms with Crippen LogP contribution in [0.1, 0.15) is 22.3 Å². The molecule has 0 saturated carbocycles. The predicted octanol–water partition coefficient (Wildman–Crippen LogP) is 12.4. The molecule has 1 spiro atoms. The molecule has 0 radical (unpaired) electrons. The van der Waals surface area contributed by atoms with Crippen molar-refractivity contribution in [2.24, 2.45) is 0 Å². The Morgan fingerprint density at radius 2 is 1.00 bits per heavy atom. The molecule has 57 heavy (non-hydrogen) atoms. The summed E-state index contributed by atoms with van der Waals surface area (Å²) >= 11 is 0. The van der Waals surface area contributed by atoms with E-state index < -0.39 is 5.41 Å². The molecule has 5 aromatic heterocycles. The van der Waals surface area contributed by atoms with Crippen LogP contribution in [-0.4, -0.2) is 19.9 Å². The lowest BCUT2D eigenvalue weighted by Gasteiger charge is -2.31. The van der Waals surface area contributed by atoms with Gasteiger partial charge in [0, 0.05) is 63.0 Å². The molecule has 6 heteroatoms. The second-order valence-electron chi connectivity index (χ2n) is 14.9. The molecule has 0 amide bonds. The summed E-state index contributed by atoms with van der Waals surface area (Å²) in [6, 6.07) is 51.5. The van der Waals surface area contributed by atoms with Gasteiger partial charge in [0.2, 0.25) is 0 Å². The molecule has 2 aliphatic rings. The number of benzene rings is 6. The molecular formula is C51H28N4O2. The maximum absolute atomic E-state index is 6.78. The molecular weight excluding hydrogens is 701 g/mol. The van der Waals surface area contributed by atoms with Gasteiger partial charge in [0.1, 0.15) is 22.3 Å². The molecule has 6 nitrogen and oxygen atoms in total. The van der Waals surface area contributed by atoms with Gasteiger partial charge in [0.25, 0.3) is 0 Å². The van der Waals surface area contributed by atoms with E-state index in [2.05, 4.69) is 119 Å². The fourth-order valence-electron chi connectivity index (χ4n) is 9.77. The minimum atomic E-state index is -0.621. The molecule has 6 aromatic carbocycles. The maximum atomic E-state index is 6.78. The van der Waals surface area contributed by atoms with Crippen molar-refractivity contribution in [3.8, 4) is 56.2 Å². The van der Waals surface area contributed by atoms with Crippen molar-refractivity contribution in [3.63, 3.8) is 0 Å². The van der Waals surface area contributed by atoms with E-state index in [-0.39, 0.29) is 0 Å². The average molecular weight is 729 g/mol. The molecule has 2 aliphatic carbocycles. The van der Waals surface area contributed by atoms with Gasteiger partial charge < -0.3 is 8.83 Å². The van der Waals surface area contributed by atoms with Crippen LogP contribution in [0.4, 0.5) is 0 Å². The summed E-state index contributed by atoms with van der Waals surface area (Å²) in [5.74, 6) is 0.627. The smallest absolute Gasteiger partial charge is 0.160 e. The quantitative estimate of drug-likeness (QED) is 0.180. The van der Waals surface area contributed by atoms with Gasteiger partial charge in [-0.2, -0.15) is 0 Å². The zero-order chi connectivity index (χ0) is 37.2. The van der Waals surface area contributed by atoms with Gasteiger partial charge in [-0.3, -0.25) is 9.97 Å². The van der Waals surface area contributed by atoms with Crippen LogP contribution in [-0.2, 0) is 5.41 Å². The van der Waals surface area contributed by atoms with Crippen molar-refractivity contribution in [2.45, 2.75) is 5.41 Å². The second kappa shape index (κ2) is 11.2. The van der Waals surface area contributed by atoms with E-state index in [4.69, 9.17) is 18.8 Å². The Morgan fingerprint density at radius 3 is 1.72 bits per heavy atom. The van der Waals surface area contributed by atoms with E-state index in [0.29, 0.717) is 5.82 Å². The number of pyridine rings is 2. The van der Waals surface area contributed by atoms with E-state index in [1.165, 1.54) is 44.5 Å². The Labute approximate surface area is 325 Å². The van der Waals surface area contributed by atoms with E-state index in [1.54, 1.807) is 24.8 Å². The third kappa shape index (κ3) is 4.08. The van der Waals surface area contributed by atoms with E-state index >= 15 is 0 Å². The molecule has 0 bridgehead atoms. The molecule has 0 N–H and O–H groups in total. The van der Waals surface area contributed by atoms with E-state index in [1.807, 2.05) is 36.4 Å². The lowest BCUT2D eigenvalue weighted by Crippen LogP contribution is -2.26. The highest BCUT2D eigenvalue weighted by Crippen LogP contribution is 2.65. The highest BCUT2D eigenvalue weighted by molar-refractivity contribution is 6.16. The topological polar surface area (TPSA) is 77.8 Å². The first-order valence-corrected chi connectivity index (χ1v) is 19.1. The number of hydrogen-bond acceptors (Lipinski definition) is 6. The van der Waals surface area contributed by atoms with Crippen LogP contribution in [0.15, 0.2) is 179 Å². The van der Waals surface area contributed by atoms with Gasteiger partial charge >= 0.3 is 0 Å². The molecule has 0 fully saturated rings. The van der Waals surface area contributed by atoms with Gasteiger partial charge in [-0.1, -0.05) is 72.8 Å². The molecule has 0 atom stereocenters. The van der Waals surface area contributed by atoms with Crippen LogP contribution in [0, 0.1) is 0 Å². The minimum absolute atomic E-state index is 0.621. The van der Waals surface area contributed by atoms with Gasteiger partial charge in [0.05, 0.1) is 16.8 Å². The molecule has 0 saturated heterocycles. The Morgan fingerprint density at radius 1 is 0.386 bits per heavy atom. The number of para-hydroxylation sites is 1. The standard InChI is InChI=1S/C51H28N4O2/c1-4-10-39-32(7-1)33-8-2-5-11-40(33)51(39)41-27-47-37(34-9-3-6-12-44(34)57-47)26-36(41)35-14-16-46-48(49(35)51)38-25-31(13-15-45(38)56-46)50-54-42(29-17-21-52-22-18-29)28-43(55-50)30-19-23-53-24-20-30/h1-28H. The fraction of sp³-hybridized carbons (Fsp3) is 0.0196. The number of aromatic nitrogens is 4. The predicted molar refractivity (Wildman–Crippen MR) is 225 cm³/mol. The first-order chi connectivity index (χ1) is 28.2. The first kappa shape index (κ1) is 30.6. The minimum Gasteiger partial charge on any atom is -0.456 e. The van der Waals surface area contributed by atoms with Crippen LogP contribution < -0.4 is 0 Å². The van der Waals surface area contributed by atoms with Crippen molar-refractivity contribution in [1.29, 1.82) is 0 Å². The Bertz CT molecular complexity index is 3370.